The molecule has 202 valence electrons. The van der Waals surface area contributed by atoms with Crippen molar-refractivity contribution in [2.75, 3.05) is 4.90 Å². The molecule has 6 rings (SSSR count). The second-order valence-corrected chi connectivity index (χ2v) is 11.1. The predicted octanol–water partition coefficient (Wildman–Crippen LogP) is 9.67. The van der Waals surface area contributed by atoms with E-state index in [1.54, 1.807) is 35.6 Å². The smallest absolute Gasteiger partial charge is 0.115 e. The molecule has 41 heavy (non-hydrogen) atoms. The molecule has 0 amide bonds. The third kappa shape index (κ3) is 6.51. The van der Waals surface area contributed by atoms with Gasteiger partial charge in [0.2, 0.25) is 0 Å². The van der Waals surface area contributed by atoms with Gasteiger partial charge in [-0.1, -0.05) is 66.7 Å². The van der Waals surface area contributed by atoms with E-state index in [1.807, 2.05) is 24.3 Å². The first-order valence-electron chi connectivity index (χ1n) is 13.8. The molecule has 0 unspecified atom stereocenters. The number of phenolic OH excluding ortho intramolecular Hbond substituents is 2. The molecule has 0 saturated heterocycles. The maximum Gasteiger partial charge on any atom is 0.115 e. The van der Waals surface area contributed by atoms with Crippen LogP contribution in [0.2, 0.25) is 0 Å². The molecule has 3 nitrogen and oxygen atoms in total. The van der Waals surface area contributed by atoms with E-state index in [9.17, 15) is 10.2 Å². The van der Waals surface area contributed by atoms with Crippen molar-refractivity contribution < 1.29 is 10.2 Å². The SMILES string of the molecule is Oc1ccc(CCc2ccc(N(c3ccc(Cc4ccc(O)cc4)cc3)c3ccc(-c4cccs4)cc3)cc2)cc1. The fourth-order valence-electron chi connectivity index (χ4n) is 5.04. The molecule has 6 aromatic rings. The molecule has 2 N–H and O–H groups in total. The molecule has 0 fully saturated rings. The highest BCUT2D eigenvalue weighted by Gasteiger charge is 2.13. The Labute approximate surface area is 245 Å². The maximum absolute atomic E-state index is 9.60. The van der Waals surface area contributed by atoms with Gasteiger partial charge in [-0.3, -0.25) is 0 Å². The average Bonchev–Trinajstić information content (AvgIpc) is 3.55. The third-order valence-corrected chi connectivity index (χ3v) is 8.22. The highest BCUT2D eigenvalue weighted by Crippen LogP contribution is 2.36. The monoisotopic (exact) mass is 553 g/mol. The Hall–Kier alpha value is -4.80. The van der Waals surface area contributed by atoms with Gasteiger partial charge in [0.25, 0.3) is 0 Å². The van der Waals surface area contributed by atoms with Crippen molar-refractivity contribution in [1.29, 1.82) is 0 Å². The quantitative estimate of drug-likeness (QED) is 0.187. The summed E-state index contributed by atoms with van der Waals surface area (Å²) in [7, 11) is 0. The highest BCUT2D eigenvalue weighted by atomic mass is 32.1. The van der Waals surface area contributed by atoms with Crippen LogP contribution in [0.4, 0.5) is 17.1 Å². The molecule has 0 aliphatic rings. The number of benzene rings is 5. The van der Waals surface area contributed by atoms with Gasteiger partial charge in [0.1, 0.15) is 11.5 Å². The van der Waals surface area contributed by atoms with Crippen molar-refractivity contribution in [3.05, 3.63) is 161 Å². The van der Waals surface area contributed by atoms with Crippen LogP contribution in [0, 0.1) is 0 Å². The summed E-state index contributed by atoms with van der Waals surface area (Å²) in [5, 5.41) is 21.3. The largest absolute Gasteiger partial charge is 0.508 e. The molecule has 0 aliphatic carbocycles. The third-order valence-electron chi connectivity index (χ3n) is 7.30. The van der Waals surface area contributed by atoms with E-state index >= 15 is 0 Å². The molecule has 0 radical (unpaired) electrons. The normalized spacial score (nSPS) is 10.9. The van der Waals surface area contributed by atoms with E-state index < -0.39 is 0 Å². The number of rotatable bonds is 9. The minimum absolute atomic E-state index is 0.288. The lowest BCUT2D eigenvalue weighted by molar-refractivity contribution is 0.474. The van der Waals surface area contributed by atoms with Crippen LogP contribution in [-0.4, -0.2) is 10.2 Å². The molecule has 0 spiro atoms. The van der Waals surface area contributed by atoms with Crippen molar-refractivity contribution in [3.63, 3.8) is 0 Å². The molecule has 1 heterocycles. The van der Waals surface area contributed by atoms with Gasteiger partial charge in [0.05, 0.1) is 0 Å². The van der Waals surface area contributed by atoms with Gasteiger partial charge in [0.15, 0.2) is 0 Å². The lowest BCUT2D eigenvalue weighted by atomic mass is 10.0. The second kappa shape index (κ2) is 12.2. The molecule has 0 saturated carbocycles. The van der Waals surface area contributed by atoms with E-state index in [2.05, 4.69) is 95.2 Å². The zero-order chi connectivity index (χ0) is 28.0. The van der Waals surface area contributed by atoms with Crippen LogP contribution < -0.4 is 4.90 Å². The Morgan fingerprint density at radius 1 is 0.463 bits per heavy atom. The van der Waals surface area contributed by atoms with Gasteiger partial charge in [-0.2, -0.15) is 0 Å². The van der Waals surface area contributed by atoms with Crippen LogP contribution in [0.5, 0.6) is 11.5 Å². The highest BCUT2D eigenvalue weighted by molar-refractivity contribution is 7.13. The molecule has 4 heteroatoms. The number of thiophene rings is 1. The van der Waals surface area contributed by atoms with Gasteiger partial charge >= 0.3 is 0 Å². The fraction of sp³-hybridized carbons (Fsp3) is 0.0811. The molecule has 0 bridgehead atoms. The van der Waals surface area contributed by atoms with Crippen molar-refractivity contribution in [2.45, 2.75) is 19.3 Å². The predicted molar refractivity (Wildman–Crippen MR) is 171 cm³/mol. The lowest BCUT2D eigenvalue weighted by Gasteiger charge is -2.26. The zero-order valence-electron chi connectivity index (χ0n) is 22.7. The minimum Gasteiger partial charge on any atom is -0.508 e. The van der Waals surface area contributed by atoms with Crippen molar-refractivity contribution in [3.8, 4) is 21.9 Å². The van der Waals surface area contributed by atoms with E-state index in [-0.39, 0.29) is 5.75 Å². The average molecular weight is 554 g/mol. The second-order valence-electron chi connectivity index (χ2n) is 10.2. The Balaban J connectivity index is 1.26. The summed E-state index contributed by atoms with van der Waals surface area (Å²) in [4.78, 5) is 3.56. The van der Waals surface area contributed by atoms with E-state index in [0.717, 1.165) is 36.3 Å². The van der Waals surface area contributed by atoms with Crippen LogP contribution in [0.1, 0.15) is 22.3 Å². The molecular formula is C37H31NO2S. The number of hydrogen-bond donors (Lipinski definition) is 2. The maximum atomic E-state index is 9.60. The van der Waals surface area contributed by atoms with Crippen LogP contribution in [0.15, 0.2) is 139 Å². The van der Waals surface area contributed by atoms with Crippen LogP contribution >= 0.6 is 11.3 Å². The van der Waals surface area contributed by atoms with E-state index in [1.165, 1.54) is 32.7 Å². The van der Waals surface area contributed by atoms with Gasteiger partial charge in [-0.05, 0) is 119 Å². The van der Waals surface area contributed by atoms with Crippen LogP contribution in [0.3, 0.4) is 0 Å². The number of aromatic hydroxyl groups is 2. The molecule has 0 atom stereocenters. The Morgan fingerprint density at radius 3 is 1.34 bits per heavy atom. The molecule has 5 aromatic carbocycles. The zero-order valence-corrected chi connectivity index (χ0v) is 23.5. The first-order valence-corrected chi connectivity index (χ1v) is 14.7. The van der Waals surface area contributed by atoms with E-state index in [4.69, 9.17) is 0 Å². The summed E-state index contributed by atoms with van der Waals surface area (Å²) < 4.78 is 0. The molecule has 1 aromatic heterocycles. The summed E-state index contributed by atoms with van der Waals surface area (Å²) >= 11 is 1.75. The first kappa shape index (κ1) is 26.4. The van der Waals surface area contributed by atoms with Crippen molar-refractivity contribution >= 4 is 28.4 Å². The van der Waals surface area contributed by atoms with Crippen LogP contribution in [0.25, 0.3) is 10.4 Å². The summed E-state index contributed by atoms with van der Waals surface area (Å²) in [6, 6.07) is 45.4. The Kier molecular flexibility index (Phi) is 7.83. The van der Waals surface area contributed by atoms with Crippen LogP contribution in [-0.2, 0) is 19.3 Å². The van der Waals surface area contributed by atoms with Gasteiger partial charge in [0, 0.05) is 21.9 Å². The Bertz CT molecular complexity index is 1670. The molecular weight excluding hydrogens is 522 g/mol. The lowest BCUT2D eigenvalue weighted by Crippen LogP contribution is -2.10. The minimum atomic E-state index is 0.288. The summed E-state index contributed by atoms with van der Waals surface area (Å²) in [6.07, 6.45) is 2.67. The fourth-order valence-corrected chi connectivity index (χ4v) is 5.77. The number of aryl methyl sites for hydroxylation is 2. The van der Waals surface area contributed by atoms with Gasteiger partial charge in [-0.25, -0.2) is 0 Å². The Morgan fingerprint density at radius 2 is 0.878 bits per heavy atom. The summed E-state index contributed by atoms with van der Waals surface area (Å²) in [5.41, 5.74) is 9.40. The number of anilines is 3. The van der Waals surface area contributed by atoms with Gasteiger partial charge in [-0.15, -0.1) is 11.3 Å². The van der Waals surface area contributed by atoms with Crippen molar-refractivity contribution in [1.82, 2.24) is 0 Å². The number of hydrogen-bond acceptors (Lipinski definition) is 4. The summed E-state index contributed by atoms with van der Waals surface area (Å²) in [6.45, 7) is 0. The molecule has 0 aliphatic heterocycles. The summed E-state index contributed by atoms with van der Waals surface area (Å²) in [5.74, 6) is 0.589. The number of nitrogens with zero attached hydrogens (tertiary/aromatic N) is 1. The topological polar surface area (TPSA) is 43.7 Å². The standard InChI is InChI=1S/C37H31NO2S/c39-35-21-9-28(10-22-35)4-3-27-5-15-32(16-6-27)38(34-19-13-31(14-20-34)37-2-1-25-41-37)33-17-7-29(8-18-33)26-30-11-23-36(40)24-12-30/h1-2,5-25,39-40H,3-4,26H2. The van der Waals surface area contributed by atoms with Crippen molar-refractivity contribution in [2.24, 2.45) is 0 Å². The van der Waals surface area contributed by atoms with E-state index in [0.29, 0.717) is 5.75 Å². The first-order chi connectivity index (χ1) is 20.1. The number of phenols is 2. The van der Waals surface area contributed by atoms with Gasteiger partial charge < -0.3 is 15.1 Å².